The van der Waals surface area contributed by atoms with Crippen molar-refractivity contribution in [2.24, 2.45) is 32.5 Å². The van der Waals surface area contributed by atoms with Crippen LogP contribution in [0.5, 0.6) is 5.75 Å². The largest absolute Gasteiger partial charge is 0.872 e. The van der Waals surface area contributed by atoms with Crippen LogP contribution in [0.1, 0.15) is 183 Å². The molecule has 0 amide bonds. The first kappa shape index (κ1) is 57.4. The number of ketones is 3. The molecule has 3 aliphatic rings. The lowest BCUT2D eigenvalue weighted by molar-refractivity contribution is -0.271. The highest BCUT2D eigenvalue weighted by Gasteiger charge is 2.41. The van der Waals surface area contributed by atoms with Crippen molar-refractivity contribution >= 4 is 40.0 Å². The number of carbonyl (C=O) groups is 3. The van der Waals surface area contributed by atoms with E-state index in [0.29, 0.717) is 0 Å². The Balaban J connectivity index is 1.91. The third-order valence-corrected chi connectivity index (χ3v) is 14.5. The van der Waals surface area contributed by atoms with Crippen LogP contribution < -0.4 is 26.0 Å². The summed E-state index contributed by atoms with van der Waals surface area (Å²) in [5.74, 6) is 1.22. The molecule has 390 valence electrons. The van der Waals surface area contributed by atoms with Gasteiger partial charge in [-0.15, -0.1) is 5.75 Å². The molecule has 6 rings (SSSR count). The van der Waals surface area contributed by atoms with Crippen molar-refractivity contribution in [2.75, 3.05) is 0 Å². The molecule has 4 nitrogen and oxygen atoms in total. The predicted molar refractivity (Wildman–Crippen MR) is 310 cm³/mol. The van der Waals surface area contributed by atoms with Crippen LogP contribution in [-0.4, -0.2) is 17.3 Å². The molecule has 0 saturated carbocycles. The van der Waals surface area contributed by atoms with Gasteiger partial charge >= 0.3 is 0 Å². The lowest BCUT2D eigenvalue weighted by Gasteiger charge is -2.34. The Morgan fingerprint density at radius 3 is 1.00 bits per heavy atom. The standard InChI is InChI=1S/C70H86O4/c1-63(2,3)51-33-45(34-52(59(51)71)64(4,5)6)43-29-27-41(49(31-43)47-37-55(67(13,14)15)61(73)56(38-47)68(16,17)18)25-26-42-28-30-44(46-35-53(65(7,8)9)60(72)54(36-46)66(10,11)12)32-50(42)48-39-57(69(19,20)21)62(74)58(40-48)70(22,23)24/h27-40H,1-24H3. The molecule has 74 heavy (non-hydrogen) atoms. The summed E-state index contributed by atoms with van der Waals surface area (Å²) in [6.07, 6.45) is 12.3. The zero-order valence-electron chi connectivity index (χ0n) is 49.7. The van der Waals surface area contributed by atoms with E-state index in [4.69, 9.17) is 0 Å². The molecule has 4 heteroatoms. The molecular weight excluding hydrogens is 905 g/mol. The number of allylic oxidation sites excluding steroid dienone is 12. The lowest BCUT2D eigenvalue weighted by atomic mass is 9.70. The van der Waals surface area contributed by atoms with Gasteiger partial charge in [-0.2, -0.15) is 0 Å². The summed E-state index contributed by atoms with van der Waals surface area (Å²) < 4.78 is 0. The molecule has 0 radical (unpaired) electrons. The Kier molecular flexibility index (Phi) is 14.7. The van der Waals surface area contributed by atoms with Gasteiger partial charge in [-0.05, 0) is 155 Å². The van der Waals surface area contributed by atoms with Crippen LogP contribution in [0.2, 0.25) is 0 Å². The van der Waals surface area contributed by atoms with E-state index in [1.165, 1.54) is 0 Å². The minimum absolute atomic E-state index is 0.0560. The number of rotatable bonds is 2. The molecule has 3 aromatic carbocycles. The summed E-state index contributed by atoms with van der Waals surface area (Å²) in [5, 5.41) is 17.5. The van der Waals surface area contributed by atoms with Gasteiger partial charge in [0.05, 0.1) is 22.6 Å². The Morgan fingerprint density at radius 2 is 0.676 bits per heavy atom. The summed E-state index contributed by atoms with van der Waals surface area (Å²) in [6, 6.07) is 16.8. The van der Waals surface area contributed by atoms with Gasteiger partial charge in [0.2, 0.25) is 5.78 Å². The van der Waals surface area contributed by atoms with Crippen molar-refractivity contribution in [1.29, 1.82) is 0 Å². The minimum Gasteiger partial charge on any atom is -0.872 e. The van der Waals surface area contributed by atoms with Gasteiger partial charge in [-0.1, -0.05) is 154 Å². The fourth-order valence-corrected chi connectivity index (χ4v) is 9.89. The maximum atomic E-state index is 14.4. The third kappa shape index (κ3) is 11.9. The Bertz CT molecular complexity index is 3240. The molecule has 0 saturated heterocycles. The first-order valence-electron chi connectivity index (χ1n) is 26.7. The highest BCUT2D eigenvalue weighted by Crippen LogP contribution is 2.44. The van der Waals surface area contributed by atoms with Gasteiger partial charge in [-0.3, -0.25) is 14.4 Å². The maximum absolute atomic E-state index is 14.4. The Labute approximate surface area is 445 Å². The molecule has 0 aliphatic heterocycles. The zero-order valence-corrected chi connectivity index (χ0v) is 49.7. The smallest absolute Gasteiger partial charge is 0.249 e. The van der Waals surface area contributed by atoms with E-state index in [-0.39, 0.29) is 44.8 Å². The van der Waals surface area contributed by atoms with E-state index in [9.17, 15) is 19.5 Å². The fraction of sp³-hybridized carbons (Fsp3) is 0.457. The van der Waals surface area contributed by atoms with E-state index in [0.717, 1.165) is 99.2 Å². The molecule has 0 unspecified atom stereocenters. The molecule has 0 spiro atoms. The van der Waals surface area contributed by atoms with Crippen LogP contribution in [-0.2, 0) is 25.2 Å². The highest BCUT2D eigenvalue weighted by atomic mass is 16.3. The van der Waals surface area contributed by atoms with Gasteiger partial charge in [0.1, 0.15) is 0 Å². The molecule has 3 aliphatic carbocycles. The monoisotopic (exact) mass is 991 g/mol. The average molecular weight is 991 g/mol. The maximum Gasteiger partial charge on any atom is 0.249 e. The lowest BCUT2D eigenvalue weighted by Crippen LogP contribution is -2.33. The highest BCUT2D eigenvalue weighted by molar-refractivity contribution is 6.15. The van der Waals surface area contributed by atoms with Gasteiger partial charge in [0.25, 0.3) is 0 Å². The predicted octanol–water partition coefficient (Wildman–Crippen LogP) is 13.8. The summed E-state index contributed by atoms with van der Waals surface area (Å²) in [6.45, 7) is 50.2. The van der Waals surface area contributed by atoms with Crippen LogP contribution in [0.4, 0.5) is 0 Å². The molecule has 0 bridgehead atoms. The van der Waals surface area contributed by atoms with Gasteiger partial charge in [-0.25, -0.2) is 0 Å². The SMILES string of the molecule is CC(C)(C)C1=CC(=c2cc(-c3cc(C(C)(C)C)c([O-])c(C(C)(C)C)c3)ccc2=C=C=c2ccc([C+]3C=C(C(C)(C)C)C(=O)C(C(C)(C)C)=C3)cc2=C2C=C(C(C)(C)C)C(=O)C(C(C)(C)C)=C2)C=C(C(C)(C)C)C1=O. The summed E-state index contributed by atoms with van der Waals surface area (Å²) in [4.78, 5) is 42.9. The zero-order chi connectivity index (χ0) is 56.0. The second-order valence-electron chi connectivity index (χ2n) is 29.4. The van der Waals surface area contributed by atoms with E-state index < -0.39 is 21.7 Å². The van der Waals surface area contributed by atoms with Crippen molar-refractivity contribution in [3.8, 4) is 16.9 Å². The van der Waals surface area contributed by atoms with Crippen LogP contribution in [0.25, 0.3) is 33.7 Å². The first-order valence-corrected chi connectivity index (χ1v) is 26.7. The van der Waals surface area contributed by atoms with E-state index >= 15 is 0 Å². The average Bonchev–Trinajstić information content (AvgIpc) is 3.22. The minimum atomic E-state index is -0.437. The van der Waals surface area contributed by atoms with E-state index in [2.05, 4.69) is 263 Å². The summed E-state index contributed by atoms with van der Waals surface area (Å²) in [5.41, 5.74) is 14.7. The summed E-state index contributed by atoms with van der Waals surface area (Å²) in [7, 11) is 0. The second-order valence-corrected chi connectivity index (χ2v) is 29.4. The number of hydrogen-bond acceptors (Lipinski definition) is 4. The van der Waals surface area contributed by atoms with E-state index in [1.54, 1.807) is 0 Å². The number of benzene rings is 3. The van der Waals surface area contributed by atoms with Gasteiger partial charge in [0, 0.05) is 73.1 Å². The van der Waals surface area contributed by atoms with Crippen molar-refractivity contribution in [3.63, 3.8) is 0 Å². The van der Waals surface area contributed by atoms with E-state index in [1.807, 2.05) is 0 Å². The van der Waals surface area contributed by atoms with Gasteiger partial charge in [0.15, 0.2) is 11.6 Å². The quantitative estimate of drug-likeness (QED) is 0.240. The van der Waals surface area contributed by atoms with Gasteiger partial charge < -0.3 is 5.11 Å². The van der Waals surface area contributed by atoms with Crippen LogP contribution in [0.15, 0.2) is 118 Å². The molecule has 0 fully saturated rings. The molecule has 0 heterocycles. The normalized spacial score (nSPS) is 16.8. The molecule has 3 aromatic rings. The number of Topliss-reactive ketones (excluding diaryl/α,β-unsaturated/α-hetero) is 3. The topological polar surface area (TPSA) is 74.3 Å². The third-order valence-electron chi connectivity index (χ3n) is 14.5. The molecule has 0 N–H and O–H groups in total. The van der Waals surface area contributed by atoms with Crippen molar-refractivity contribution in [2.45, 2.75) is 177 Å². The number of hydrogen-bond donors (Lipinski definition) is 0. The molecule has 0 atom stereocenters. The Hall–Kier alpha value is -5.92. The first-order chi connectivity index (χ1) is 33.4. The molecule has 0 aromatic heterocycles. The van der Waals surface area contributed by atoms with Crippen LogP contribution in [0.3, 0.4) is 0 Å². The van der Waals surface area contributed by atoms with Crippen LogP contribution >= 0.6 is 0 Å². The number of carbonyl (C=O) groups excluding carboxylic acids is 3. The Morgan fingerprint density at radius 1 is 0.365 bits per heavy atom. The summed E-state index contributed by atoms with van der Waals surface area (Å²) >= 11 is 0. The van der Waals surface area contributed by atoms with Crippen molar-refractivity contribution < 1.29 is 19.5 Å². The van der Waals surface area contributed by atoms with Crippen molar-refractivity contribution in [3.05, 3.63) is 162 Å². The molecular formula is C70H86O4. The van der Waals surface area contributed by atoms with Crippen LogP contribution in [0, 0.1) is 38.4 Å². The fourth-order valence-electron chi connectivity index (χ4n) is 9.89. The van der Waals surface area contributed by atoms with Crippen molar-refractivity contribution in [1.82, 2.24) is 0 Å². The second kappa shape index (κ2) is 19.0.